The van der Waals surface area contributed by atoms with Crippen LogP contribution in [0.3, 0.4) is 0 Å². The van der Waals surface area contributed by atoms with Crippen molar-refractivity contribution in [2.24, 2.45) is 5.41 Å². The van der Waals surface area contributed by atoms with Gasteiger partial charge in [-0.05, 0) is 39.3 Å². The summed E-state index contributed by atoms with van der Waals surface area (Å²) in [5.41, 5.74) is -0.411. The van der Waals surface area contributed by atoms with Crippen molar-refractivity contribution in [1.29, 1.82) is 0 Å². The van der Waals surface area contributed by atoms with Crippen LogP contribution in [-0.2, 0) is 14.4 Å². The third-order valence-corrected chi connectivity index (χ3v) is 4.43. The normalized spacial score (nSPS) is 26.3. The molecule has 6 heteroatoms. The number of amides is 3. The van der Waals surface area contributed by atoms with E-state index in [-0.39, 0.29) is 24.3 Å². The minimum Gasteiger partial charge on any atom is -0.321 e. The van der Waals surface area contributed by atoms with Crippen molar-refractivity contribution in [2.45, 2.75) is 45.6 Å². The van der Waals surface area contributed by atoms with Crippen molar-refractivity contribution in [1.82, 2.24) is 15.5 Å². The van der Waals surface area contributed by atoms with E-state index >= 15 is 0 Å². The molecule has 0 aromatic rings. The second-order valence-electron chi connectivity index (χ2n) is 5.80. The lowest BCUT2D eigenvalue weighted by atomic mass is 9.74. The molecule has 2 fully saturated rings. The Balaban J connectivity index is 2.22. The molecule has 2 rings (SSSR count). The fraction of sp³-hybridized carbons (Fsp3) is 0.786. The van der Waals surface area contributed by atoms with E-state index in [1.807, 2.05) is 0 Å². The van der Waals surface area contributed by atoms with Gasteiger partial charge in [0.05, 0.1) is 5.41 Å². The van der Waals surface area contributed by atoms with Gasteiger partial charge in [0.25, 0.3) is 0 Å². The van der Waals surface area contributed by atoms with Crippen LogP contribution in [0.15, 0.2) is 0 Å². The predicted octanol–water partition coefficient (Wildman–Crippen LogP) is 0.0298. The molecule has 0 saturated carbocycles. The van der Waals surface area contributed by atoms with Crippen LogP contribution in [0, 0.1) is 5.41 Å². The Labute approximate surface area is 119 Å². The Morgan fingerprint density at radius 1 is 1.35 bits per heavy atom. The maximum absolute atomic E-state index is 12.9. The van der Waals surface area contributed by atoms with Crippen molar-refractivity contribution in [2.75, 3.05) is 19.6 Å². The number of hydrogen-bond acceptors (Lipinski definition) is 4. The summed E-state index contributed by atoms with van der Waals surface area (Å²) in [5, 5.41) is 5.54. The summed E-state index contributed by atoms with van der Waals surface area (Å²) in [6, 6.07) is -0.566. The summed E-state index contributed by atoms with van der Waals surface area (Å²) in [6.07, 6.45) is 3.29. The molecule has 3 amide bonds. The van der Waals surface area contributed by atoms with Crippen LogP contribution in [0.5, 0.6) is 0 Å². The van der Waals surface area contributed by atoms with E-state index < -0.39 is 11.5 Å². The molecule has 2 aliphatic heterocycles. The quantitative estimate of drug-likeness (QED) is 0.715. The first-order valence-corrected chi connectivity index (χ1v) is 7.35. The fourth-order valence-corrected chi connectivity index (χ4v) is 3.22. The number of carbonyl (C=O) groups excluding carboxylic acids is 3. The summed E-state index contributed by atoms with van der Waals surface area (Å²) in [5.74, 6) is -0.797. The van der Waals surface area contributed by atoms with Gasteiger partial charge >= 0.3 is 0 Å². The molecule has 0 aliphatic carbocycles. The van der Waals surface area contributed by atoms with E-state index in [2.05, 4.69) is 17.6 Å². The zero-order valence-electron chi connectivity index (χ0n) is 12.2. The monoisotopic (exact) mass is 281 g/mol. The minimum absolute atomic E-state index is 0.00929. The first-order valence-electron chi connectivity index (χ1n) is 7.35. The van der Waals surface area contributed by atoms with Gasteiger partial charge in [0.2, 0.25) is 17.7 Å². The Morgan fingerprint density at radius 2 is 2.00 bits per heavy atom. The van der Waals surface area contributed by atoms with Gasteiger partial charge in [0.15, 0.2) is 0 Å². The molecule has 0 radical (unpaired) electrons. The first kappa shape index (κ1) is 15.0. The molecule has 2 heterocycles. The number of nitrogens with one attached hydrogen (secondary N) is 2. The van der Waals surface area contributed by atoms with Crippen molar-refractivity contribution >= 4 is 17.7 Å². The summed E-state index contributed by atoms with van der Waals surface area (Å²) in [4.78, 5) is 37.7. The first-order chi connectivity index (χ1) is 9.50. The molecule has 2 N–H and O–H groups in total. The summed E-state index contributed by atoms with van der Waals surface area (Å²) in [7, 11) is 0. The molecule has 112 valence electrons. The predicted molar refractivity (Wildman–Crippen MR) is 73.8 cm³/mol. The number of imide groups is 1. The van der Waals surface area contributed by atoms with E-state index in [0.717, 1.165) is 38.8 Å². The smallest absolute Gasteiger partial charge is 0.249 e. The molecule has 2 saturated heterocycles. The number of piperidine rings is 1. The molecule has 0 aromatic carbocycles. The summed E-state index contributed by atoms with van der Waals surface area (Å²) < 4.78 is 0. The van der Waals surface area contributed by atoms with Crippen molar-refractivity contribution in [3.63, 3.8) is 0 Å². The van der Waals surface area contributed by atoms with Gasteiger partial charge in [-0.2, -0.15) is 0 Å². The molecular weight excluding hydrogens is 258 g/mol. The average molecular weight is 281 g/mol. The zero-order chi connectivity index (χ0) is 14.8. The summed E-state index contributed by atoms with van der Waals surface area (Å²) >= 11 is 0. The molecule has 0 bridgehead atoms. The highest BCUT2D eigenvalue weighted by Crippen LogP contribution is 2.36. The number of carbonyl (C=O) groups is 3. The van der Waals surface area contributed by atoms with Crippen LogP contribution >= 0.6 is 0 Å². The average Bonchev–Trinajstić information content (AvgIpc) is 2.43. The van der Waals surface area contributed by atoms with Crippen LogP contribution in [-0.4, -0.2) is 48.3 Å². The maximum Gasteiger partial charge on any atom is 0.249 e. The lowest BCUT2D eigenvalue weighted by Gasteiger charge is -2.42. The Morgan fingerprint density at radius 3 is 2.60 bits per heavy atom. The van der Waals surface area contributed by atoms with Crippen molar-refractivity contribution in [3.8, 4) is 0 Å². The van der Waals surface area contributed by atoms with Crippen molar-refractivity contribution < 1.29 is 14.4 Å². The molecule has 0 spiro atoms. The molecule has 20 heavy (non-hydrogen) atoms. The van der Waals surface area contributed by atoms with Crippen LogP contribution in [0.25, 0.3) is 0 Å². The van der Waals surface area contributed by atoms with Gasteiger partial charge in [-0.25, -0.2) is 0 Å². The molecule has 1 atom stereocenters. The second kappa shape index (κ2) is 5.91. The lowest BCUT2D eigenvalue weighted by Crippen LogP contribution is -2.62. The van der Waals surface area contributed by atoms with Gasteiger partial charge < -0.3 is 10.2 Å². The Hall–Kier alpha value is -1.43. The van der Waals surface area contributed by atoms with E-state index in [1.165, 1.54) is 4.90 Å². The van der Waals surface area contributed by atoms with Crippen LogP contribution in [0.1, 0.15) is 39.5 Å². The van der Waals surface area contributed by atoms with E-state index in [9.17, 15) is 14.4 Å². The highest BCUT2D eigenvalue weighted by Gasteiger charge is 2.45. The SMILES string of the molecule is CCCC1(C(=O)N2CC(=O)NC(=O)C2C)CCNCC1. The minimum atomic E-state index is -0.566. The lowest BCUT2D eigenvalue weighted by molar-refractivity contribution is -0.157. The molecule has 2 aliphatic rings. The third kappa shape index (κ3) is 2.70. The topological polar surface area (TPSA) is 78.5 Å². The van der Waals surface area contributed by atoms with Gasteiger partial charge in [-0.15, -0.1) is 0 Å². The highest BCUT2D eigenvalue weighted by atomic mass is 16.2. The number of rotatable bonds is 3. The second-order valence-corrected chi connectivity index (χ2v) is 5.80. The van der Waals surface area contributed by atoms with E-state index in [1.54, 1.807) is 6.92 Å². The Kier molecular flexibility index (Phi) is 4.42. The van der Waals surface area contributed by atoms with Gasteiger partial charge in [-0.1, -0.05) is 13.3 Å². The molecule has 6 nitrogen and oxygen atoms in total. The van der Waals surface area contributed by atoms with Crippen LogP contribution < -0.4 is 10.6 Å². The maximum atomic E-state index is 12.9. The van der Waals surface area contributed by atoms with Crippen molar-refractivity contribution in [3.05, 3.63) is 0 Å². The van der Waals surface area contributed by atoms with Crippen LogP contribution in [0.4, 0.5) is 0 Å². The van der Waals surface area contributed by atoms with Gasteiger partial charge in [0, 0.05) is 0 Å². The fourth-order valence-electron chi connectivity index (χ4n) is 3.22. The van der Waals surface area contributed by atoms with Gasteiger partial charge in [-0.3, -0.25) is 19.7 Å². The third-order valence-electron chi connectivity index (χ3n) is 4.43. The number of hydrogen-bond donors (Lipinski definition) is 2. The zero-order valence-corrected chi connectivity index (χ0v) is 12.2. The molecular formula is C14H23N3O3. The van der Waals surface area contributed by atoms with E-state index in [0.29, 0.717) is 0 Å². The molecule has 0 aromatic heterocycles. The van der Waals surface area contributed by atoms with Crippen LogP contribution in [0.2, 0.25) is 0 Å². The molecule has 1 unspecified atom stereocenters. The number of nitrogens with zero attached hydrogens (tertiary/aromatic N) is 1. The Bertz CT molecular complexity index is 410. The van der Waals surface area contributed by atoms with Gasteiger partial charge in [0.1, 0.15) is 12.6 Å². The van der Waals surface area contributed by atoms with E-state index in [4.69, 9.17) is 0 Å². The largest absolute Gasteiger partial charge is 0.321 e. The highest BCUT2D eigenvalue weighted by molar-refractivity contribution is 6.04. The standard InChI is InChI=1S/C14H23N3O3/c1-3-4-14(5-7-15-8-6-14)13(20)17-9-11(18)16-12(19)10(17)2/h10,15H,3-9H2,1-2H3,(H,16,18,19). The number of piperazine rings is 1. The summed E-state index contributed by atoms with van der Waals surface area (Å²) in [6.45, 7) is 5.36.